The minimum atomic E-state index is -0.403. The molecular formula is C8H14N2O. The van der Waals surface area contributed by atoms with Crippen molar-refractivity contribution in [2.24, 2.45) is 7.05 Å². The highest BCUT2D eigenvalue weighted by Crippen LogP contribution is 2.14. The SMILES string of the molecule is CCC[C@H](O)c1nccn1C. The van der Waals surface area contributed by atoms with E-state index in [0.717, 1.165) is 18.7 Å². The van der Waals surface area contributed by atoms with E-state index in [4.69, 9.17) is 0 Å². The summed E-state index contributed by atoms with van der Waals surface area (Å²) < 4.78 is 1.85. The largest absolute Gasteiger partial charge is 0.385 e. The summed E-state index contributed by atoms with van der Waals surface area (Å²) in [5.74, 6) is 0.756. The second kappa shape index (κ2) is 3.53. The monoisotopic (exact) mass is 154 g/mol. The number of rotatable bonds is 3. The number of nitrogens with zero attached hydrogens (tertiary/aromatic N) is 2. The Labute approximate surface area is 66.7 Å². The average Bonchev–Trinajstić information content (AvgIpc) is 2.36. The van der Waals surface area contributed by atoms with Crippen molar-refractivity contribution in [3.63, 3.8) is 0 Å². The van der Waals surface area contributed by atoms with Crippen LogP contribution in [0.4, 0.5) is 0 Å². The lowest BCUT2D eigenvalue weighted by Gasteiger charge is -2.07. The van der Waals surface area contributed by atoms with Gasteiger partial charge in [-0.25, -0.2) is 4.98 Å². The number of aliphatic hydroxyl groups excluding tert-OH is 1. The minimum absolute atomic E-state index is 0.403. The molecule has 3 heteroatoms. The van der Waals surface area contributed by atoms with Crippen molar-refractivity contribution in [3.05, 3.63) is 18.2 Å². The lowest BCUT2D eigenvalue weighted by molar-refractivity contribution is 0.153. The van der Waals surface area contributed by atoms with Gasteiger partial charge in [-0.1, -0.05) is 13.3 Å². The Balaban J connectivity index is 2.67. The summed E-state index contributed by atoms with van der Waals surface area (Å²) >= 11 is 0. The molecule has 0 amide bonds. The van der Waals surface area contributed by atoms with Crippen LogP contribution in [0.2, 0.25) is 0 Å². The van der Waals surface area contributed by atoms with Crippen LogP contribution in [0.1, 0.15) is 31.7 Å². The Morgan fingerprint density at radius 2 is 2.45 bits per heavy atom. The van der Waals surface area contributed by atoms with Crippen molar-refractivity contribution in [2.45, 2.75) is 25.9 Å². The number of hydrogen-bond acceptors (Lipinski definition) is 2. The molecule has 0 saturated heterocycles. The molecule has 0 aromatic carbocycles. The predicted octanol–water partition coefficient (Wildman–Crippen LogP) is 1.25. The minimum Gasteiger partial charge on any atom is -0.385 e. The molecule has 0 unspecified atom stereocenters. The Hall–Kier alpha value is -0.830. The van der Waals surface area contributed by atoms with Crippen LogP contribution in [0.5, 0.6) is 0 Å². The molecule has 1 rings (SSSR count). The molecule has 1 aromatic heterocycles. The molecule has 0 fully saturated rings. The van der Waals surface area contributed by atoms with Gasteiger partial charge in [0.2, 0.25) is 0 Å². The lowest BCUT2D eigenvalue weighted by atomic mass is 10.2. The van der Waals surface area contributed by atoms with Crippen molar-refractivity contribution < 1.29 is 5.11 Å². The summed E-state index contributed by atoms with van der Waals surface area (Å²) in [7, 11) is 1.89. The first-order chi connectivity index (χ1) is 5.25. The summed E-state index contributed by atoms with van der Waals surface area (Å²) in [6.07, 6.45) is 4.90. The van der Waals surface area contributed by atoms with Crippen LogP contribution < -0.4 is 0 Å². The Morgan fingerprint density at radius 1 is 1.73 bits per heavy atom. The third kappa shape index (κ3) is 1.80. The van der Waals surface area contributed by atoms with Gasteiger partial charge < -0.3 is 9.67 Å². The molecule has 0 aliphatic carbocycles. The smallest absolute Gasteiger partial charge is 0.137 e. The van der Waals surface area contributed by atoms with Crippen molar-refractivity contribution >= 4 is 0 Å². The number of hydrogen-bond donors (Lipinski definition) is 1. The van der Waals surface area contributed by atoms with Crippen LogP contribution >= 0.6 is 0 Å². The van der Waals surface area contributed by atoms with Crippen LogP contribution in [-0.4, -0.2) is 14.7 Å². The molecule has 3 nitrogen and oxygen atoms in total. The first-order valence-electron chi connectivity index (χ1n) is 3.91. The zero-order valence-electron chi connectivity index (χ0n) is 6.99. The standard InChI is InChI=1S/C8H14N2O/c1-3-4-7(11)8-9-5-6-10(8)2/h5-7,11H,3-4H2,1-2H3/t7-/m0/s1. The molecule has 11 heavy (non-hydrogen) atoms. The van der Waals surface area contributed by atoms with Crippen molar-refractivity contribution in [2.75, 3.05) is 0 Å². The fourth-order valence-electron chi connectivity index (χ4n) is 1.10. The molecule has 0 aliphatic rings. The van der Waals surface area contributed by atoms with Gasteiger partial charge in [0.25, 0.3) is 0 Å². The Morgan fingerprint density at radius 3 is 2.91 bits per heavy atom. The highest BCUT2D eigenvalue weighted by atomic mass is 16.3. The Bertz CT molecular complexity index is 220. The van der Waals surface area contributed by atoms with Gasteiger partial charge in [-0.15, -0.1) is 0 Å². The number of aliphatic hydroxyl groups is 1. The van der Waals surface area contributed by atoms with E-state index in [2.05, 4.69) is 4.98 Å². The fraction of sp³-hybridized carbons (Fsp3) is 0.625. The summed E-state index contributed by atoms with van der Waals surface area (Å²) in [6.45, 7) is 2.05. The highest BCUT2D eigenvalue weighted by Gasteiger charge is 2.09. The highest BCUT2D eigenvalue weighted by molar-refractivity contribution is 4.94. The van der Waals surface area contributed by atoms with Gasteiger partial charge >= 0.3 is 0 Å². The van der Waals surface area contributed by atoms with Gasteiger partial charge in [-0.2, -0.15) is 0 Å². The first-order valence-corrected chi connectivity index (χ1v) is 3.91. The molecule has 1 aromatic rings. The maximum absolute atomic E-state index is 9.51. The van der Waals surface area contributed by atoms with E-state index in [1.807, 2.05) is 24.7 Å². The summed E-state index contributed by atoms with van der Waals surface area (Å²) in [4.78, 5) is 4.05. The molecule has 1 atom stereocenters. The van der Waals surface area contributed by atoms with Crippen LogP contribution in [0.25, 0.3) is 0 Å². The van der Waals surface area contributed by atoms with Crippen molar-refractivity contribution in [3.8, 4) is 0 Å². The third-order valence-corrected chi connectivity index (χ3v) is 1.72. The molecule has 62 valence electrons. The van der Waals surface area contributed by atoms with Gasteiger partial charge in [0.05, 0.1) is 0 Å². The van der Waals surface area contributed by atoms with Crippen LogP contribution in [0, 0.1) is 0 Å². The summed E-state index contributed by atoms with van der Waals surface area (Å²) in [5.41, 5.74) is 0. The van der Waals surface area contributed by atoms with E-state index >= 15 is 0 Å². The number of imidazole rings is 1. The van der Waals surface area contributed by atoms with Crippen LogP contribution in [-0.2, 0) is 7.05 Å². The fourth-order valence-corrected chi connectivity index (χ4v) is 1.10. The second-order valence-electron chi connectivity index (χ2n) is 2.70. The maximum Gasteiger partial charge on any atom is 0.137 e. The third-order valence-electron chi connectivity index (χ3n) is 1.72. The molecular weight excluding hydrogens is 140 g/mol. The second-order valence-corrected chi connectivity index (χ2v) is 2.70. The van der Waals surface area contributed by atoms with E-state index in [-0.39, 0.29) is 0 Å². The Kier molecular flexibility index (Phi) is 2.65. The molecule has 1 heterocycles. The normalized spacial score (nSPS) is 13.4. The van der Waals surface area contributed by atoms with Crippen molar-refractivity contribution in [1.82, 2.24) is 9.55 Å². The lowest BCUT2D eigenvalue weighted by Crippen LogP contribution is -2.04. The molecule has 1 N–H and O–H groups in total. The van der Waals surface area contributed by atoms with Gasteiger partial charge in [-0.3, -0.25) is 0 Å². The van der Waals surface area contributed by atoms with E-state index in [9.17, 15) is 5.11 Å². The molecule has 0 radical (unpaired) electrons. The molecule has 0 aliphatic heterocycles. The van der Waals surface area contributed by atoms with E-state index in [1.165, 1.54) is 0 Å². The molecule has 0 saturated carbocycles. The molecule has 0 spiro atoms. The van der Waals surface area contributed by atoms with Crippen LogP contribution in [0.15, 0.2) is 12.4 Å². The first kappa shape index (κ1) is 8.27. The van der Waals surface area contributed by atoms with Gasteiger partial charge in [0.1, 0.15) is 11.9 Å². The predicted molar refractivity (Wildman–Crippen MR) is 43.1 cm³/mol. The van der Waals surface area contributed by atoms with E-state index in [1.54, 1.807) is 6.20 Å². The summed E-state index contributed by atoms with van der Waals surface area (Å²) in [6, 6.07) is 0. The summed E-state index contributed by atoms with van der Waals surface area (Å²) in [5, 5.41) is 9.51. The average molecular weight is 154 g/mol. The zero-order chi connectivity index (χ0) is 8.27. The van der Waals surface area contributed by atoms with Gasteiger partial charge in [0, 0.05) is 19.4 Å². The number of aromatic nitrogens is 2. The van der Waals surface area contributed by atoms with Crippen LogP contribution in [0.3, 0.4) is 0 Å². The molecule has 0 bridgehead atoms. The van der Waals surface area contributed by atoms with Gasteiger partial charge in [0.15, 0.2) is 0 Å². The maximum atomic E-state index is 9.51. The zero-order valence-corrected chi connectivity index (χ0v) is 6.99. The van der Waals surface area contributed by atoms with E-state index in [0.29, 0.717) is 0 Å². The topological polar surface area (TPSA) is 38.1 Å². The quantitative estimate of drug-likeness (QED) is 0.711. The van der Waals surface area contributed by atoms with E-state index < -0.39 is 6.10 Å². The number of aryl methyl sites for hydroxylation is 1. The van der Waals surface area contributed by atoms with Crippen molar-refractivity contribution in [1.29, 1.82) is 0 Å². The van der Waals surface area contributed by atoms with Gasteiger partial charge in [-0.05, 0) is 6.42 Å².